The summed E-state index contributed by atoms with van der Waals surface area (Å²) in [6, 6.07) is 20.9. The third kappa shape index (κ3) is 6.49. The van der Waals surface area contributed by atoms with Gasteiger partial charge in [-0.15, -0.1) is 0 Å². The summed E-state index contributed by atoms with van der Waals surface area (Å²) in [5.74, 6) is -0.664. The zero-order valence-electron chi connectivity index (χ0n) is 23.3. The molecule has 1 heterocycles. The quantitative estimate of drug-likeness (QED) is 0.390. The van der Waals surface area contributed by atoms with Crippen LogP contribution in [0.3, 0.4) is 0 Å². The van der Waals surface area contributed by atoms with Gasteiger partial charge < -0.3 is 15.1 Å². The predicted octanol–water partition coefficient (Wildman–Crippen LogP) is 5.33. The molecule has 39 heavy (non-hydrogen) atoms. The summed E-state index contributed by atoms with van der Waals surface area (Å²) in [5.41, 5.74) is 4.68. The van der Waals surface area contributed by atoms with Crippen LogP contribution in [0.5, 0.6) is 5.75 Å². The molecule has 2 atom stereocenters. The predicted molar refractivity (Wildman–Crippen MR) is 154 cm³/mol. The maximum absolute atomic E-state index is 12.7. The molecule has 2 N–H and O–H groups in total. The van der Waals surface area contributed by atoms with Gasteiger partial charge in [0.1, 0.15) is 5.75 Å². The Balaban J connectivity index is 1.49. The van der Waals surface area contributed by atoms with Crippen molar-refractivity contribution in [1.82, 2.24) is 14.7 Å². The van der Waals surface area contributed by atoms with E-state index in [4.69, 9.17) is 0 Å². The Kier molecular flexibility index (Phi) is 9.04. The number of piperazine rings is 1. The smallest absolute Gasteiger partial charge is 0.335 e. The first-order valence-corrected chi connectivity index (χ1v) is 13.7. The van der Waals surface area contributed by atoms with Crippen LogP contribution in [0.15, 0.2) is 66.7 Å². The number of benzene rings is 3. The van der Waals surface area contributed by atoms with E-state index < -0.39 is 5.97 Å². The summed E-state index contributed by atoms with van der Waals surface area (Å²) in [6.07, 6.45) is 0. The van der Waals surface area contributed by atoms with Crippen LogP contribution in [-0.4, -0.2) is 75.1 Å². The SMILES string of the molecule is CCN(CC)C(=O)c1ccc(-c2c(O)cccc2CN2C[C@@H](C)N(Cc3cccc(C(=O)O)c3)C[C@@H]2C)cc1. The lowest BCUT2D eigenvalue weighted by atomic mass is 9.96. The first-order valence-electron chi connectivity index (χ1n) is 13.7. The number of phenolic OH excluding ortho intramolecular Hbond substituents is 1. The number of carbonyl (C=O) groups excluding carboxylic acids is 1. The molecule has 0 unspecified atom stereocenters. The highest BCUT2D eigenvalue weighted by atomic mass is 16.4. The molecule has 0 bridgehead atoms. The molecule has 0 spiro atoms. The lowest BCUT2D eigenvalue weighted by Crippen LogP contribution is -2.55. The summed E-state index contributed by atoms with van der Waals surface area (Å²) >= 11 is 0. The maximum Gasteiger partial charge on any atom is 0.335 e. The van der Waals surface area contributed by atoms with E-state index in [0.29, 0.717) is 37.3 Å². The highest BCUT2D eigenvalue weighted by Crippen LogP contribution is 2.34. The van der Waals surface area contributed by atoms with Gasteiger partial charge >= 0.3 is 5.97 Å². The molecule has 0 aromatic heterocycles. The number of carboxylic acid groups (broad SMARTS) is 1. The number of aromatic carboxylic acids is 1. The molecule has 3 aromatic rings. The van der Waals surface area contributed by atoms with Gasteiger partial charge in [0.15, 0.2) is 0 Å². The normalized spacial score (nSPS) is 18.2. The van der Waals surface area contributed by atoms with Crippen molar-refractivity contribution in [2.45, 2.75) is 52.9 Å². The molecule has 1 fully saturated rings. The molecule has 206 valence electrons. The van der Waals surface area contributed by atoms with E-state index in [1.54, 1.807) is 29.2 Å². The van der Waals surface area contributed by atoms with Crippen LogP contribution in [0, 0.1) is 0 Å². The first kappa shape index (κ1) is 28.3. The fourth-order valence-corrected chi connectivity index (χ4v) is 5.49. The lowest BCUT2D eigenvalue weighted by Gasteiger charge is -2.44. The Hall–Kier alpha value is -3.68. The Morgan fingerprint density at radius 3 is 2.08 bits per heavy atom. The van der Waals surface area contributed by atoms with E-state index in [1.807, 2.05) is 50.2 Å². The molecule has 1 aliphatic heterocycles. The molecular weight excluding hydrogens is 490 g/mol. The molecule has 0 aliphatic carbocycles. The summed E-state index contributed by atoms with van der Waals surface area (Å²) in [4.78, 5) is 30.8. The third-order valence-corrected chi connectivity index (χ3v) is 7.78. The topological polar surface area (TPSA) is 84.3 Å². The molecular formula is C32H39N3O4. The van der Waals surface area contributed by atoms with Crippen LogP contribution in [-0.2, 0) is 13.1 Å². The van der Waals surface area contributed by atoms with Crippen LogP contribution < -0.4 is 0 Å². The summed E-state index contributed by atoms with van der Waals surface area (Å²) in [5, 5.41) is 20.2. The van der Waals surface area contributed by atoms with Gasteiger partial charge in [0.25, 0.3) is 5.91 Å². The minimum atomic E-state index is -0.907. The highest BCUT2D eigenvalue weighted by molar-refractivity contribution is 5.95. The average molecular weight is 530 g/mol. The van der Waals surface area contributed by atoms with Gasteiger partial charge in [0.2, 0.25) is 0 Å². The van der Waals surface area contributed by atoms with Crippen molar-refractivity contribution >= 4 is 11.9 Å². The van der Waals surface area contributed by atoms with E-state index >= 15 is 0 Å². The van der Waals surface area contributed by atoms with Gasteiger partial charge in [-0.2, -0.15) is 0 Å². The van der Waals surface area contributed by atoms with Gasteiger partial charge in [-0.3, -0.25) is 14.6 Å². The van der Waals surface area contributed by atoms with Crippen molar-refractivity contribution in [3.63, 3.8) is 0 Å². The molecule has 1 amide bonds. The molecule has 1 aliphatic rings. The highest BCUT2D eigenvalue weighted by Gasteiger charge is 2.30. The number of hydrogen-bond acceptors (Lipinski definition) is 5. The molecule has 7 nitrogen and oxygen atoms in total. The number of rotatable bonds is 9. The van der Waals surface area contributed by atoms with Crippen molar-refractivity contribution in [3.05, 3.63) is 89.0 Å². The van der Waals surface area contributed by atoms with Crippen LogP contribution in [0.2, 0.25) is 0 Å². The fraction of sp³-hybridized carbons (Fsp3) is 0.375. The first-order chi connectivity index (χ1) is 18.7. The standard InChI is InChI=1S/C32H39N3O4/c1-5-33(6-2)31(37)26-15-13-25(14-16-26)30-28(11-8-12-29(30)36)21-35-19-22(3)34(18-23(35)4)20-24-9-7-10-27(17-24)32(38)39/h7-17,22-23,36H,5-6,18-21H2,1-4H3,(H,38,39)/t22-,23+/m1/s1. The van der Waals surface area contributed by atoms with Gasteiger partial charge in [0.05, 0.1) is 5.56 Å². The molecule has 4 rings (SSSR count). The minimum Gasteiger partial charge on any atom is -0.507 e. The van der Waals surface area contributed by atoms with Crippen LogP contribution >= 0.6 is 0 Å². The average Bonchev–Trinajstić information content (AvgIpc) is 2.92. The number of carbonyl (C=O) groups is 2. The van der Waals surface area contributed by atoms with Gasteiger partial charge in [-0.25, -0.2) is 4.79 Å². The molecule has 0 radical (unpaired) electrons. The second-order valence-corrected chi connectivity index (χ2v) is 10.4. The zero-order valence-corrected chi connectivity index (χ0v) is 23.3. The van der Waals surface area contributed by atoms with E-state index in [0.717, 1.165) is 35.3 Å². The number of phenols is 1. The number of hydrogen-bond donors (Lipinski definition) is 2. The summed E-state index contributed by atoms with van der Waals surface area (Å²) in [6.45, 7) is 12.8. The summed E-state index contributed by atoms with van der Waals surface area (Å²) < 4.78 is 0. The van der Waals surface area contributed by atoms with Crippen LogP contribution in [0.25, 0.3) is 11.1 Å². The second-order valence-electron chi connectivity index (χ2n) is 10.4. The molecule has 1 saturated heterocycles. The number of carboxylic acids is 1. The van der Waals surface area contributed by atoms with Crippen LogP contribution in [0.1, 0.15) is 59.5 Å². The number of aromatic hydroxyl groups is 1. The van der Waals surface area contributed by atoms with Gasteiger partial charge in [0, 0.05) is 62.5 Å². The monoisotopic (exact) mass is 529 g/mol. The van der Waals surface area contributed by atoms with Gasteiger partial charge in [-0.05, 0) is 74.7 Å². The molecule has 7 heteroatoms. The minimum absolute atomic E-state index is 0.0134. The third-order valence-electron chi connectivity index (χ3n) is 7.78. The molecule has 0 saturated carbocycles. The Morgan fingerprint density at radius 2 is 1.46 bits per heavy atom. The van der Waals surface area contributed by atoms with E-state index in [1.165, 1.54) is 0 Å². The Bertz CT molecular complexity index is 1300. The van der Waals surface area contributed by atoms with E-state index in [2.05, 4.69) is 29.7 Å². The van der Waals surface area contributed by atoms with E-state index in [-0.39, 0.29) is 23.7 Å². The Morgan fingerprint density at radius 1 is 0.846 bits per heavy atom. The second kappa shape index (κ2) is 12.5. The van der Waals surface area contributed by atoms with E-state index in [9.17, 15) is 19.8 Å². The number of nitrogens with zero attached hydrogens (tertiary/aromatic N) is 3. The number of amides is 1. The lowest BCUT2D eigenvalue weighted by molar-refractivity contribution is 0.0328. The van der Waals surface area contributed by atoms with Crippen molar-refractivity contribution < 1.29 is 19.8 Å². The van der Waals surface area contributed by atoms with Crippen molar-refractivity contribution in [3.8, 4) is 16.9 Å². The van der Waals surface area contributed by atoms with Crippen molar-refractivity contribution in [2.24, 2.45) is 0 Å². The molecule has 3 aromatic carbocycles. The van der Waals surface area contributed by atoms with Crippen LogP contribution in [0.4, 0.5) is 0 Å². The van der Waals surface area contributed by atoms with Crippen molar-refractivity contribution in [1.29, 1.82) is 0 Å². The zero-order chi connectivity index (χ0) is 28.1. The maximum atomic E-state index is 12.7. The van der Waals surface area contributed by atoms with Crippen molar-refractivity contribution in [2.75, 3.05) is 26.2 Å². The van der Waals surface area contributed by atoms with Gasteiger partial charge in [-0.1, -0.05) is 36.4 Å². The largest absolute Gasteiger partial charge is 0.507 e. The fourth-order valence-electron chi connectivity index (χ4n) is 5.49. The Labute approximate surface area is 231 Å². The summed E-state index contributed by atoms with van der Waals surface area (Å²) in [7, 11) is 0.